The highest BCUT2D eigenvalue weighted by Gasteiger charge is 2.03. The molecule has 21 heavy (non-hydrogen) atoms. The van der Waals surface area contributed by atoms with E-state index >= 15 is 0 Å². The maximum absolute atomic E-state index is 11.5. The fourth-order valence-electron chi connectivity index (χ4n) is 1.60. The topological polar surface area (TPSA) is 47.6 Å². The number of aryl methyl sites for hydroxylation is 1. The van der Waals surface area contributed by atoms with E-state index in [2.05, 4.69) is 5.32 Å². The Kier molecular flexibility index (Phi) is 5.46. The highest BCUT2D eigenvalue weighted by atomic mass is 35.5. The van der Waals surface area contributed by atoms with Crippen molar-refractivity contribution in [2.75, 3.05) is 13.2 Å². The molecule has 0 atom stereocenters. The highest BCUT2D eigenvalue weighted by Crippen LogP contribution is 2.15. The number of hydrogen-bond donors (Lipinski definition) is 1. The molecule has 0 fully saturated rings. The average molecular weight is 306 g/mol. The van der Waals surface area contributed by atoms with E-state index in [0.717, 1.165) is 5.75 Å². The Labute approximate surface area is 128 Å². The van der Waals surface area contributed by atoms with Gasteiger partial charge in [0.25, 0.3) is 0 Å². The van der Waals surface area contributed by atoms with Crippen LogP contribution in [0.1, 0.15) is 5.56 Å². The Balaban J connectivity index is 1.67. The number of hydrogen-bond acceptors (Lipinski definition) is 3. The van der Waals surface area contributed by atoms with Crippen LogP contribution in [-0.4, -0.2) is 19.2 Å². The van der Waals surface area contributed by atoms with Crippen LogP contribution < -0.4 is 14.8 Å². The van der Waals surface area contributed by atoms with Crippen LogP contribution in [0.15, 0.2) is 48.5 Å². The van der Waals surface area contributed by atoms with Crippen molar-refractivity contribution in [3.63, 3.8) is 0 Å². The lowest BCUT2D eigenvalue weighted by molar-refractivity contribution is 0.197. The molecule has 0 aromatic heterocycles. The highest BCUT2D eigenvalue weighted by molar-refractivity contribution is 6.30. The van der Waals surface area contributed by atoms with Gasteiger partial charge in [-0.25, -0.2) is 4.79 Å². The molecule has 110 valence electrons. The van der Waals surface area contributed by atoms with E-state index in [1.165, 1.54) is 5.56 Å². The lowest BCUT2D eigenvalue weighted by atomic mass is 10.2. The van der Waals surface area contributed by atoms with Gasteiger partial charge < -0.3 is 14.8 Å². The first-order valence-corrected chi connectivity index (χ1v) is 6.92. The first-order valence-electron chi connectivity index (χ1n) is 6.54. The summed E-state index contributed by atoms with van der Waals surface area (Å²) in [7, 11) is 0. The molecular weight excluding hydrogens is 290 g/mol. The van der Waals surface area contributed by atoms with Crippen LogP contribution in [0.25, 0.3) is 0 Å². The fraction of sp³-hybridized carbons (Fsp3) is 0.188. The monoisotopic (exact) mass is 305 g/mol. The molecule has 0 bridgehead atoms. The minimum atomic E-state index is -0.523. The quantitative estimate of drug-likeness (QED) is 0.854. The normalized spacial score (nSPS) is 10.0. The average Bonchev–Trinajstić information content (AvgIpc) is 2.48. The van der Waals surface area contributed by atoms with Crippen molar-refractivity contribution in [1.82, 2.24) is 5.32 Å². The lowest BCUT2D eigenvalue weighted by Gasteiger charge is -2.08. The zero-order chi connectivity index (χ0) is 15.1. The predicted molar refractivity (Wildman–Crippen MR) is 82.2 cm³/mol. The molecule has 0 spiro atoms. The van der Waals surface area contributed by atoms with Crippen molar-refractivity contribution >= 4 is 17.7 Å². The Morgan fingerprint density at radius 1 is 1.05 bits per heavy atom. The van der Waals surface area contributed by atoms with Crippen LogP contribution in [0.4, 0.5) is 4.79 Å². The number of carbonyl (C=O) groups excluding carboxylic acids is 1. The van der Waals surface area contributed by atoms with Gasteiger partial charge in [0.1, 0.15) is 18.1 Å². The third-order valence-corrected chi connectivity index (χ3v) is 2.94. The number of carbonyl (C=O) groups is 1. The molecule has 0 aliphatic rings. The molecule has 1 N–H and O–H groups in total. The number of nitrogens with one attached hydrogen (secondary N) is 1. The second-order valence-electron chi connectivity index (χ2n) is 4.43. The maximum atomic E-state index is 11.5. The first kappa shape index (κ1) is 15.2. The molecule has 0 aliphatic heterocycles. The standard InChI is InChI=1S/C16H16ClNO3/c1-12-2-6-14(7-3-12)20-11-10-18-16(19)21-15-8-4-13(17)5-9-15/h2-9H,10-11H2,1H3,(H,18,19). The molecule has 0 saturated carbocycles. The largest absolute Gasteiger partial charge is 0.492 e. The minimum Gasteiger partial charge on any atom is -0.492 e. The summed E-state index contributed by atoms with van der Waals surface area (Å²) in [5.74, 6) is 1.21. The zero-order valence-corrected chi connectivity index (χ0v) is 12.4. The second kappa shape index (κ2) is 7.55. The molecule has 0 unspecified atom stereocenters. The first-order chi connectivity index (χ1) is 10.1. The van der Waals surface area contributed by atoms with Gasteiger partial charge in [-0.1, -0.05) is 29.3 Å². The van der Waals surface area contributed by atoms with Gasteiger partial charge in [0.05, 0.1) is 6.54 Å². The number of benzene rings is 2. The lowest BCUT2D eigenvalue weighted by Crippen LogP contribution is -2.30. The molecule has 0 aliphatic carbocycles. The number of ether oxygens (including phenoxy) is 2. The van der Waals surface area contributed by atoms with E-state index in [1.807, 2.05) is 31.2 Å². The predicted octanol–water partition coefficient (Wildman–Crippen LogP) is 3.82. The van der Waals surface area contributed by atoms with Crippen LogP contribution in [0, 0.1) is 6.92 Å². The molecule has 2 rings (SSSR count). The Bertz CT molecular complexity index is 581. The van der Waals surface area contributed by atoms with Crippen LogP contribution >= 0.6 is 11.6 Å². The van der Waals surface area contributed by atoms with Crippen molar-refractivity contribution < 1.29 is 14.3 Å². The molecule has 2 aromatic rings. The van der Waals surface area contributed by atoms with Gasteiger partial charge in [0.2, 0.25) is 0 Å². The summed E-state index contributed by atoms with van der Waals surface area (Å²) in [5.41, 5.74) is 1.17. The summed E-state index contributed by atoms with van der Waals surface area (Å²) in [5, 5.41) is 3.20. The molecule has 0 saturated heterocycles. The van der Waals surface area contributed by atoms with E-state index < -0.39 is 6.09 Å². The van der Waals surface area contributed by atoms with E-state index in [9.17, 15) is 4.79 Å². The van der Waals surface area contributed by atoms with Gasteiger partial charge in [-0.3, -0.25) is 0 Å². The molecule has 0 heterocycles. The number of halogens is 1. The van der Waals surface area contributed by atoms with E-state index in [-0.39, 0.29) is 0 Å². The molecule has 5 heteroatoms. The van der Waals surface area contributed by atoms with Crippen LogP contribution in [0.5, 0.6) is 11.5 Å². The smallest absolute Gasteiger partial charge is 0.412 e. The maximum Gasteiger partial charge on any atom is 0.412 e. The van der Waals surface area contributed by atoms with Gasteiger partial charge >= 0.3 is 6.09 Å². The molecule has 2 aromatic carbocycles. The molecule has 1 amide bonds. The number of amides is 1. The summed E-state index contributed by atoms with van der Waals surface area (Å²) >= 11 is 5.75. The van der Waals surface area contributed by atoms with Crippen LogP contribution in [0.2, 0.25) is 5.02 Å². The van der Waals surface area contributed by atoms with Crippen molar-refractivity contribution in [2.45, 2.75) is 6.92 Å². The summed E-state index contributed by atoms with van der Waals surface area (Å²) in [4.78, 5) is 11.5. The zero-order valence-electron chi connectivity index (χ0n) is 11.6. The third kappa shape index (κ3) is 5.36. The number of rotatable bonds is 5. The SMILES string of the molecule is Cc1ccc(OCCNC(=O)Oc2ccc(Cl)cc2)cc1. The molecule has 4 nitrogen and oxygen atoms in total. The van der Waals surface area contributed by atoms with Gasteiger partial charge in [0, 0.05) is 5.02 Å². The Morgan fingerprint density at radius 2 is 1.67 bits per heavy atom. The van der Waals surface area contributed by atoms with Crippen molar-refractivity contribution in [3.8, 4) is 11.5 Å². The summed E-state index contributed by atoms with van der Waals surface area (Å²) in [6, 6.07) is 14.3. The third-order valence-electron chi connectivity index (χ3n) is 2.69. The molecule has 0 radical (unpaired) electrons. The van der Waals surface area contributed by atoms with E-state index in [1.54, 1.807) is 24.3 Å². The van der Waals surface area contributed by atoms with Gasteiger partial charge in [-0.15, -0.1) is 0 Å². The van der Waals surface area contributed by atoms with Crippen molar-refractivity contribution in [1.29, 1.82) is 0 Å². The van der Waals surface area contributed by atoms with Gasteiger partial charge in [-0.05, 0) is 43.3 Å². The Hall–Kier alpha value is -2.20. The van der Waals surface area contributed by atoms with Crippen LogP contribution in [-0.2, 0) is 0 Å². The second-order valence-corrected chi connectivity index (χ2v) is 4.87. The molecular formula is C16H16ClNO3. The summed E-state index contributed by atoms with van der Waals surface area (Å²) in [6.45, 7) is 2.75. The van der Waals surface area contributed by atoms with Crippen molar-refractivity contribution in [2.24, 2.45) is 0 Å². The van der Waals surface area contributed by atoms with E-state index in [4.69, 9.17) is 21.1 Å². The fourth-order valence-corrected chi connectivity index (χ4v) is 1.73. The minimum absolute atomic E-state index is 0.361. The van der Waals surface area contributed by atoms with Crippen molar-refractivity contribution in [3.05, 3.63) is 59.1 Å². The summed E-state index contributed by atoms with van der Waals surface area (Å²) in [6.07, 6.45) is -0.523. The van der Waals surface area contributed by atoms with Crippen LogP contribution in [0.3, 0.4) is 0 Å². The van der Waals surface area contributed by atoms with Gasteiger partial charge in [0.15, 0.2) is 0 Å². The van der Waals surface area contributed by atoms with E-state index in [0.29, 0.717) is 23.9 Å². The van der Waals surface area contributed by atoms with Gasteiger partial charge in [-0.2, -0.15) is 0 Å². The summed E-state index contributed by atoms with van der Waals surface area (Å²) < 4.78 is 10.6. The Morgan fingerprint density at radius 3 is 2.33 bits per heavy atom.